The Morgan fingerprint density at radius 1 is 1.39 bits per heavy atom. The normalized spacial score (nSPS) is 10.3. The molecule has 0 bridgehead atoms. The van der Waals surface area contributed by atoms with Crippen LogP contribution < -0.4 is 11.1 Å². The van der Waals surface area contributed by atoms with Gasteiger partial charge in [-0.15, -0.1) is 0 Å². The van der Waals surface area contributed by atoms with E-state index in [9.17, 15) is 13.6 Å². The number of benzene rings is 1. The Bertz CT molecular complexity index is 585. The van der Waals surface area contributed by atoms with Gasteiger partial charge in [0.1, 0.15) is 4.88 Å². The van der Waals surface area contributed by atoms with Crippen LogP contribution in [0.15, 0.2) is 24.4 Å². The molecule has 0 aliphatic carbocycles. The van der Waals surface area contributed by atoms with Gasteiger partial charge in [-0.2, -0.15) is 0 Å². The first-order chi connectivity index (χ1) is 8.56. The zero-order chi connectivity index (χ0) is 13.1. The molecular weight excluding hydrogens is 260 g/mol. The molecule has 94 valence electrons. The number of carbonyl (C=O) groups is 1. The molecule has 0 radical (unpaired) electrons. The fourth-order valence-electron chi connectivity index (χ4n) is 1.31. The molecule has 0 aliphatic rings. The lowest BCUT2D eigenvalue weighted by Gasteiger charge is -2.04. The molecular formula is C11H9F2N3OS. The highest BCUT2D eigenvalue weighted by Gasteiger charge is 2.09. The number of carbonyl (C=O) groups excluding carboxylic acids is 1. The number of thiazole rings is 1. The largest absolute Gasteiger partial charge is 0.375 e. The van der Waals surface area contributed by atoms with E-state index in [-0.39, 0.29) is 12.5 Å². The molecule has 0 saturated heterocycles. The molecule has 4 nitrogen and oxygen atoms in total. The molecule has 1 heterocycles. The third-order valence-electron chi connectivity index (χ3n) is 2.18. The Hall–Kier alpha value is -2.02. The van der Waals surface area contributed by atoms with Crippen LogP contribution in [-0.4, -0.2) is 10.9 Å². The number of hydrogen-bond donors (Lipinski definition) is 2. The number of aromatic nitrogens is 1. The summed E-state index contributed by atoms with van der Waals surface area (Å²) in [5, 5.41) is 2.86. The number of nitrogens with one attached hydrogen (secondary N) is 1. The Kier molecular flexibility index (Phi) is 3.52. The maximum Gasteiger partial charge on any atom is 0.263 e. The van der Waals surface area contributed by atoms with Crippen molar-refractivity contribution in [2.24, 2.45) is 0 Å². The fourth-order valence-corrected chi connectivity index (χ4v) is 1.91. The number of nitrogen functional groups attached to an aromatic ring is 1. The van der Waals surface area contributed by atoms with Crippen molar-refractivity contribution < 1.29 is 13.6 Å². The monoisotopic (exact) mass is 269 g/mol. The van der Waals surface area contributed by atoms with Crippen LogP contribution in [0, 0.1) is 11.6 Å². The lowest BCUT2D eigenvalue weighted by atomic mass is 10.2. The fraction of sp³-hybridized carbons (Fsp3) is 0.0909. The van der Waals surface area contributed by atoms with Gasteiger partial charge >= 0.3 is 0 Å². The van der Waals surface area contributed by atoms with Gasteiger partial charge in [-0.05, 0) is 17.7 Å². The Morgan fingerprint density at radius 2 is 2.17 bits per heavy atom. The molecule has 3 N–H and O–H groups in total. The van der Waals surface area contributed by atoms with Gasteiger partial charge in [0.05, 0.1) is 6.20 Å². The van der Waals surface area contributed by atoms with Crippen molar-refractivity contribution >= 4 is 22.4 Å². The standard InChI is InChI=1S/C11H9F2N3OS/c12-7-2-1-6(3-8(7)13)4-15-10(17)9-5-16-11(14)18-9/h1-3,5H,4H2,(H2,14,16)(H,15,17). The van der Waals surface area contributed by atoms with Crippen molar-refractivity contribution in [2.45, 2.75) is 6.54 Å². The van der Waals surface area contributed by atoms with E-state index >= 15 is 0 Å². The van der Waals surface area contributed by atoms with E-state index in [1.807, 2.05) is 0 Å². The third-order valence-corrected chi connectivity index (χ3v) is 3.01. The first-order valence-electron chi connectivity index (χ1n) is 4.99. The van der Waals surface area contributed by atoms with Crippen molar-refractivity contribution in [3.63, 3.8) is 0 Å². The highest BCUT2D eigenvalue weighted by atomic mass is 32.1. The summed E-state index contributed by atoms with van der Waals surface area (Å²) in [4.78, 5) is 15.7. The number of nitrogens with zero attached hydrogens (tertiary/aromatic N) is 1. The van der Waals surface area contributed by atoms with Crippen LogP contribution in [0.4, 0.5) is 13.9 Å². The van der Waals surface area contributed by atoms with Crippen LogP contribution in [0.5, 0.6) is 0 Å². The van der Waals surface area contributed by atoms with Crippen molar-refractivity contribution in [1.82, 2.24) is 10.3 Å². The molecule has 0 aliphatic heterocycles. The van der Waals surface area contributed by atoms with Crippen LogP contribution in [0.1, 0.15) is 15.2 Å². The molecule has 0 atom stereocenters. The van der Waals surface area contributed by atoms with Gasteiger partial charge in [0.15, 0.2) is 16.8 Å². The minimum absolute atomic E-state index is 0.105. The van der Waals surface area contributed by atoms with E-state index in [0.29, 0.717) is 15.6 Å². The second-order valence-corrected chi connectivity index (χ2v) is 4.56. The summed E-state index contributed by atoms with van der Waals surface area (Å²) in [6, 6.07) is 3.46. The van der Waals surface area contributed by atoms with E-state index in [1.165, 1.54) is 12.3 Å². The first-order valence-corrected chi connectivity index (χ1v) is 5.81. The molecule has 1 amide bonds. The van der Waals surface area contributed by atoms with Crippen molar-refractivity contribution in [3.05, 3.63) is 46.5 Å². The maximum atomic E-state index is 12.9. The molecule has 2 aromatic rings. The van der Waals surface area contributed by atoms with E-state index in [2.05, 4.69) is 10.3 Å². The molecule has 1 aromatic heterocycles. The summed E-state index contributed by atoms with van der Waals surface area (Å²) >= 11 is 1.06. The number of hydrogen-bond acceptors (Lipinski definition) is 4. The van der Waals surface area contributed by atoms with Crippen LogP contribution in [0.25, 0.3) is 0 Å². The van der Waals surface area contributed by atoms with Crippen LogP contribution in [0.2, 0.25) is 0 Å². The Morgan fingerprint density at radius 3 is 2.78 bits per heavy atom. The molecule has 1 aromatic carbocycles. The number of anilines is 1. The molecule has 0 spiro atoms. The van der Waals surface area contributed by atoms with Gasteiger partial charge in [-0.3, -0.25) is 4.79 Å². The van der Waals surface area contributed by atoms with Crippen molar-refractivity contribution in [3.8, 4) is 0 Å². The van der Waals surface area contributed by atoms with E-state index in [0.717, 1.165) is 23.5 Å². The number of rotatable bonds is 3. The molecule has 0 saturated carbocycles. The molecule has 0 fully saturated rings. The smallest absolute Gasteiger partial charge is 0.263 e. The highest BCUT2D eigenvalue weighted by Crippen LogP contribution is 2.14. The Balaban J connectivity index is 1.99. The van der Waals surface area contributed by atoms with Crippen LogP contribution in [-0.2, 0) is 6.54 Å². The maximum absolute atomic E-state index is 12.9. The lowest BCUT2D eigenvalue weighted by Crippen LogP contribution is -2.21. The summed E-state index contributed by atoms with van der Waals surface area (Å²) < 4.78 is 25.6. The third kappa shape index (κ3) is 2.80. The van der Waals surface area contributed by atoms with Crippen LogP contribution in [0.3, 0.4) is 0 Å². The molecule has 2 rings (SSSR count). The van der Waals surface area contributed by atoms with E-state index in [4.69, 9.17) is 5.73 Å². The zero-order valence-electron chi connectivity index (χ0n) is 9.11. The molecule has 0 unspecified atom stereocenters. The number of nitrogens with two attached hydrogens (primary N) is 1. The summed E-state index contributed by atoms with van der Waals surface area (Å²) in [6.45, 7) is 0.105. The highest BCUT2D eigenvalue weighted by molar-refractivity contribution is 7.17. The van der Waals surface area contributed by atoms with Crippen molar-refractivity contribution in [1.29, 1.82) is 0 Å². The molecule has 18 heavy (non-hydrogen) atoms. The quantitative estimate of drug-likeness (QED) is 0.894. The predicted octanol–water partition coefficient (Wildman–Crippen LogP) is 1.93. The second-order valence-electron chi connectivity index (χ2n) is 3.49. The van der Waals surface area contributed by atoms with Gasteiger partial charge in [-0.25, -0.2) is 13.8 Å². The molecule has 7 heteroatoms. The topological polar surface area (TPSA) is 68.0 Å². The van der Waals surface area contributed by atoms with E-state index in [1.54, 1.807) is 0 Å². The van der Waals surface area contributed by atoms with E-state index < -0.39 is 11.6 Å². The number of amides is 1. The number of halogens is 2. The Labute approximate surface area is 105 Å². The lowest BCUT2D eigenvalue weighted by molar-refractivity contribution is 0.0954. The minimum Gasteiger partial charge on any atom is -0.375 e. The second kappa shape index (κ2) is 5.09. The van der Waals surface area contributed by atoms with Crippen molar-refractivity contribution in [2.75, 3.05) is 5.73 Å². The van der Waals surface area contributed by atoms with Gasteiger partial charge in [0.25, 0.3) is 5.91 Å². The summed E-state index contributed by atoms with van der Waals surface area (Å²) in [6.07, 6.45) is 1.36. The van der Waals surface area contributed by atoms with Gasteiger partial charge in [0.2, 0.25) is 0 Å². The zero-order valence-corrected chi connectivity index (χ0v) is 9.93. The predicted molar refractivity (Wildman–Crippen MR) is 64.1 cm³/mol. The summed E-state index contributed by atoms with van der Waals surface area (Å²) in [7, 11) is 0. The average Bonchev–Trinajstić information content (AvgIpc) is 2.77. The average molecular weight is 269 g/mol. The first kappa shape index (κ1) is 12.4. The van der Waals surface area contributed by atoms with Gasteiger partial charge in [-0.1, -0.05) is 17.4 Å². The van der Waals surface area contributed by atoms with Gasteiger partial charge < -0.3 is 11.1 Å². The summed E-state index contributed by atoms with van der Waals surface area (Å²) in [5.74, 6) is -2.21. The summed E-state index contributed by atoms with van der Waals surface area (Å²) in [5.41, 5.74) is 5.87. The van der Waals surface area contributed by atoms with Gasteiger partial charge in [0, 0.05) is 6.54 Å². The SMILES string of the molecule is Nc1ncc(C(=O)NCc2ccc(F)c(F)c2)s1. The minimum atomic E-state index is -0.941. The van der Waals surface area contributed by atoms with Crippen LogP contribution >= 0.6 is 11.3 Å².